The summed E-state index contributed by atoms with van der Waals surface area (Å²) in [7, 11) is 0. The third kappa shape index (κ3) is 4.37. The van der Waals surface area contributed by atoms with Crippen molar-refractivity contribution in [2.45, 2.75) is 57.4 Å². The van der Waals surface area contributed by atoms with Crippen molar-refractivity contribution in [1.29, 1.82) is 0 Å². The Morgan fingerprint density at radius 1 is 1.00 bits per heavy atom. The van der Waals surface area contributed by atoms with Crippen molar-refractivity contribution in [3.05, 3.63) is 35.9 Å². The highest BCUT2D eigenvalue weighted by Crippen LogP contribution is 2.24. The molecule has 0 aromatic heterocycles. The number of rotatable bonds is 5. The van der Waals surface area contributed by atoms with Gasteiger partial charge in [-0.25, -0.2) is 0 Å². The zero-order chi connectivity index (χ0) is 16.8. The molecule has 24 heavy (non-hydrogen) atoms. The maximum Gasteiger partial charge on any atom is 0.245 e. The van der Waals surface area contributed by atoms with E-state index in [4.69, 9.17) is 0 Å². The summed E-state index contributed by atoms with van der Waals surface area (Å²) in [5.41, 5.74) is 1.10. The maximum atomic E-state index is 12.9. The Hall–Kier alpha value is -1.84. The SMILES string of the molecule is O=C(N[C@@H](Cc1ccccc1)C(=O)N1CCCC1)C1CCCCC1. The third-order valence-corrected chi connectivity index (χ3v) is 5.29. The number of nitrogens with zero attached hydrogens (tertiary/aromatic N) is 1. The van der Waals surface area contributed by atoms with Crippen LogP contribution in [0.4, 0.5) is 0 Å². The molecule has 1 aliphatic heterocycles. The van der Waals surface area contributed by atoms with Crippen LogP contribution in [-0.2, 0) is 16.0 Å². The zero-order valence-electron chi connectivity index (χ0n) is 14.4. The Morgan fingerprint density at radius 2 is 1.67 bits per heavy atom. The lowest BCUT2D eigenvalue weighted by molar-refractivity contribution is -0.137. The highest BCUT2D eigenvalue weighted by molar-refractivity contribution is 5.89. The molecule has 2 fully saturated rings. The Bertz CT molecular complexity index is 546. The quantitative estimate of drug-likeness (QED) is 0.903. The molecule has 2 amide bonds. The van der Waals surface area contributed by atoms with Gasteiger partial charge in [-0.2, -0.15) is 0 Å². The average molecular weight is 328 g/mol. The van der Waals surface area contributed by atoms with Gasteiger partial charge in [0.2, 0.25) is 11.8 Å². The predicted octanol–water partition coefficient (Wildman–Crippen LogP) is 2.92. The molecule has 1 saturated heterocycles. The standard InChI is InChI=1S/C20H28N2O2/c23-19(17-11-5-2-6-12-17)21-18(15-16-9-3-1-4-10-16)20(24)22-13-7-8-14-22/h1,3-4,9-10,17-18H,2,5-8,11-15H2,(H,21,23)/t18-/m0/s1. The van der Waals surface area contributed by atoms with Gasteiger partial charge in [0, 0.05) is 25.4 Å². The van der Waals surface area contributed by atoms with E-state index in [1.54, 1.807) is 0 Å². The van der Waals surface area contributed by atoms with E-state index in [0.29, 0.717) is 6.42 Å². The van der Waals surface area contributed by atoms with Crippen LogP contribution in [0.5, 0.6) is 0 Å². The van der Waals surface area contributed by atoms with E-state index in [0.717, 1.165) is 57.2 Å². The summed E-state index contributed by atoms with van der Waals surface area (Å²) in [4.78, 5) is 27.4. The van der Waals surface area contributed by atoms with E-state index in [-0.39, 0.29) is 17.7 Å². The van der Waals surface area contributed by atoms with E-state index in [1.807, 2.05) is 35.2 Å². The van der Waals surface area contributed by atoms with E-state index in [1.165, 1.54) is 6.42 Å². The van der Waals surface area contributed by atoms with Crippen LogP contribution >= 0.6 is 0 Å². The van der Waals surface area contributed by atoms with E-state index in [9.17, 15) is 9.59 Å². The van der Waals surface area contributed by atoms with Crippen LogP contribution in [0.1, 0.15) is 50.5 Å². The Balaban J connectivity index is 1.68. The molecule has 1 aromatic carbocycles. The molecular formula is C20H28N2O2. The van der Waals surface area contributed by atoms with Crippen molar-refractivity contribution < 1.29 is 9.59 Å². The monoisotopic (exact) mass is 328 g/mol. The van der Waals surface area contributed by atoms with Crippen LogP contribution in [0.25, 0.3) is 0 Å². The van der Waals surface area contributed by atoms with Gasteiger partial charge in [-0.1, -0.05) is 49.6 Å². The molecule has 1 saturated carbocycles. The Labute approximate surface area is 144 Å². The minimum absolute atomic E-state index is 0.0724. The summed E-state index contributed by atoms with van der Waals surface area (Å²) in [5.74, 6) is 0.243. The number of hydrogen-bond donors (Lipinski definition) is 1. The lowest BCUT2D eigenvalue weighted by Crippen LogP contribution is -2.50. The lowest BCUT2D eigenvalue weighted by Gasteiger charge is -2.27. The van der Waals surface area contributed by atoms with Crippen LogP contribution < -0.4 is 5.32 Å². The first-order valence-electron chi connectivity index (χ1n) is 9.37. The zero-order valence-corrected chi connectivity index (χ0v) is 14.4. The molecule has 0 bridgehead atoms. The van der Waals surface area contributed by atoms with E-state index in [2.05, 4.69) is 5.32 Å². The summed E-state index contributed by atoms with van der Waals surface area (Å²) < 4.78 is 0. The second-order valence-corrected chi connectivity index (χ2v) is 7.12. The van der Waals surface area contributed by atoms with Crippen molar-refractivity contribution in [2.75, 3.05) is 13.1 Å². The number of carbonyl (C=O) groups is 2. The largest absolute Gasteiger partial charge is 0.344 e. The van der Waals surface area contributed by atoms with Crippen molar-refractivity contribution in [3.63, 3.8) is 0 Å². The molecular weight excluding hydrogens is 300 g/mol. The second kappa shape index (κ2) is 8.32. The van der Waals surface area contributed by atoms with Gasteiger partial charge in [0.25, 0.3) is 0 Å². The molecule has 1 aromatic rings. The van der Waals surface area contributed by atoms with Gasteiger partial charge >= 0.3 is 0 Å². The first-order chi connectivity index (χ1) is 11.7. The van der Waals surface area contributed by atoms with Crippen molar-refractivity contribution in [3.8, 4) is 0 Å². The maximum absolute atomic E-state index is 12.9. The minimum atomic E-state index is -0.431. The molecule has 1 aliphatic carbocycles. The average Bonchev–Trinajstić information content (AvgIpc) is 3.17. The highest BCUT2D eigenvalue weighted by Gasteiger charge is 2.30. The van der Waals surface area contributed by atoms with E-state index < -0.39 is 6.04 Å². The van der Waals surface area contributed by atoms with Crippen molar-refractivity contribution in [1.82, 2.24) is 10.2 Å². The van der Waals surface area contributed by atoms with Gasteiger partial charge < -0.3 is 10.2 Å². The highest BCUT2D eigenvalue weighted by atomic mass is 16.2. The molecule has 4 nitrogen and oxygen atoms in total. The topological polar surface area (TPSA) is 49.4 Å². The first kappa shape index (κ1) is 17.0. The Kier molecular flexibility index (Phi) is 5.89. The van der Waals surface area contributed by atoms with Gasteiger partial charge in [-0.15, -0.1) is 0 Å². The molecule has 1 N–H and O–H groups in total. The first-order valence-corrected chi connectivity index (χ1v) is 9.37. The normalized spacial score (nSPS) is 19.9. The van der Waals surface area contributed by atoms with Gasteiger partial charge in [0.05, 0.1) is 0 Å². The Morgan fingerprint density at radius 3 is 2.33 bits per heavy atom. The molecule has 2 aliphatic rings. The summed E-state index contributed by atoms with van der Waals surface area (Å²) in [5, 5.41) is 3.08. The summed E-state index contributed by atoms with van der Waals surface area (Å²) in [6, 6.07) is 9.56. The molecule has 1 heterocycles. The van der Waals surface area contributed by atoms with E-state index >= 15 is 0 Å². The van der Waals surface area contributed by atoms with Gasteiger partial charge in [-0.05, 0) is 31.2 Å². The lowest BCUT2D eigenvalue weighted by atomic mass is 9.88. The third-order valence-electron chi connectivity index (χ3n) is 5.29. The molecule has 1 atom stereocenters. The van der Waals surface area contributed by atoms with Gasteiger partial charge in [0.15, 0.2) is 0 Å². The fraction of sp³-hybridized carbons (Fsp3) is 0.600. The number of benzene rings is 1. The number of hydrogen-bond acceptors (Lipinski definition) is 2. The van der Waals surface area contributed by atoms with Crippen LogP contribution in [0.15, 0.2) is 30.3 Å². The number of carbonyl (C=O) groups excluding carboxylic acids is 2. The summed E-state index contributed by atoms with van der Waals surface area (Å²) in [6.45, 7) is 1.65. The van der Waals surface area contributed by atoms with Crippen molar-refractivity contribution in [2.24, 2.45) is 5.92 Å². The van der Waals surface area contributed by atoms with Crippen LogP contribution in [0.3, 0.4) is 0 Å². The van der Waals surface area contributed by atoms with Crippen LogP contribution in [-0.4, -0.2) is 35.8 Å². The molecule has 0 spiro atoms. The molecule has 0 radical (unpaired) electrons. The summed E-state index contributed by atoms with van der Waals surface area (Å²) in [6.07, 6.45) is 8.12. The second-order valence-electron chi connectivity index (χ2n) is 7.12. The minimum Gasteiger partial charge on any atom is -0.344 e. The van der Waals surface area contributed by atoms with Gasteiger partial charge in [0.1, 0.15) is 6.04 Å². The number of amides is 2. The fourth-order valence-electron chi connectivity index (χ4n) is 3.86. The van der Waals surface area contributed by atoms with Crippen LogP contribution in [0.2, 0.25) is 0 Å². The molecule has 0 unspecified atom stereocenters. The van der Waals surface area contributed by atoms with Crippen molar-refractivity contribution >= 4 is 11.8 Å². The number of nitrogens with one attached hydrogen (secondary N) is 1. The predicted molar refractivity (Wildman–Crippen MR) is 94.5 cm³/mol. The molecule has 4 heteroatoms. The number of likely N-dealkylation sites (tertiary alicyclic amines) is 1. The molecule has 130 valence electrons. The fourth-order valence-corrected chi connectivity index (χ4v) is 3.86. The summed E-state index contributed by atoms with van der Waals surface area (Å²) >= 11 is 0. The molecule has 3 rings (SSSR count). The van der Waals surface area contributed by atoms with Crippen LogP contribution in [0, 0.1) is 5.92 Å². The van der Waals surface area contributed by atoms with Gasteiger partial charge in [-0.3, -0.25) is 9.59 Å². The smallest absolute Gasteiger partial charge is 0.245 e.